The van der Waals surface area contributed by atoms with Crippen molar-refractivity contribution in [3.8, 4) is 5.75 Å². The summed E-state index contributed by atoms with van der Waals surface area (Å²) < 4.78 is 7.25. The highest BCUT2D eigenvalue weighted by atomic mass is 16.5. The van der Waals surface area contributed by atoms with Crippen molar-refractivity contribution in [1.29, 1.82) is 0 Å². The number of ether oxygens (including phenoxy) is 1. The number of benzene rings is 2. The Morgan fingerprint density at radius 1 is 1.12 bits per heavy atom. The highest BCUT2D eigenvalue weighted by molar-refractivity contribution is 6.04. The summed E-state index contributed by atoms with van der Waals surface area (Å²) in [6.07, 6.45) is 5.39. The molecule has 128 valence electrons. The van der Waals surface area contributed by atoms with Crippen molar-refractivity contribution in [1.82, 2.24) is 9.55 Å². The summed E-state index contributed by atoms with van der Waals surface area (Å²) in [5.41, 5.74) is 2.37. The SMILES string of the molecule is O=C(Nc1ccc(OCCO)cc1)c1ccc(Cn2ccnc2)cc1. The average Bonchev–Trinajstić information content (AvgIpc) is 3.15. The summed E-state index contributed by atoms with van der Waals surface area (Å²) >= 11 is 0. The molecule has 0 saturated heterocycles. The number of hydrogen-bond donors (Lipinski definition) is 2. The van der Waals surface area contributed by atoms with E-state index < -0.39 is 0 Å². The molecule has 0 aliphatic carbocycles. The van der Waals surface area contributed by atoms with Crippen molar-refractivity contribution >= 4 is 11.6 Å². The van der Waals surface area contributed by atoms with Crippen LogP contribution in [0.5, 0.6) is 5.75 Å². The zero-order chi connectivity index (χ0) is 17.5. The van der Waals surface area contributed by atoms with Crippen LogP contribution < -0.4 is 10.1 Å². The number of aliphatic hydroxyl groups excluding tert-OH is 1. The van der Waals surface area contributed by atoms with Crippen LogP contribution in [0, 0.1) is 0 Å². The van der Waals surface area contributed by atoms with Gasteiger partial charge in [0.25, 0.3) is 5.91 Å². The molecule has 0 radical (unpaired) electrons. The molecule has 0 bridgehead atoms. The first-order valence-corrected chi connectivity index (χ1v) is 7.94. The Hall–Kier alpha value is -3.12. The van der Waals surface area contributed by atoms with Gasteiger partial charge < -0.3 is 19.7 Å². The van der Waals surface area contributed by atoms with Gasteiger partial charge in [-0.15, -0.1) is 0 Å². The van der Waals surface area contributed by atoms with Crippen molar-refractivity contribution in [3.05, 3.63) is 78.4 Å². The van der Waals surface area contributed by atoms with Gasteiger partial charge in [0, 0.05) is 30.2 Å². The molecular formula is C19H19N3O3. The lowest BCUT2D eigenvalue weighted by atomic mass is 10.1. The molecule has 1 heterocycles. The largest absolute Gasteiger partial charge is 0.491 e. The van der Waals surface area contributed by atoms with Gasteiger partial charge in [-0.25, -0.2) is 4.98 Å². The summed E-state index contributed by atoms with van der Waals surface area (Å²) in [5.74, 6) is 0.481. The van der Waals surface area contributed by atoms with E-state index in [4.69, 9.17) is 9.84 Å². The minimum absolute atomic E-state index is 0.0324. The lowest BCUT2D eigenvalue weighted by Crippen LogP contribution is -2.12. The average molecular weight is 337 g/mol. The van der Waals surface area contributed by atoms with Gasteiger partial charge in [0.1, 0.15) is 12.4 Å². The first-order valence-electron chi connectivity index (χ1n) is 7.94. The fourth-order valence-corrected chi connectivity index (χ4v) is 2.35. The molecule has 6 nitrogen and oxygen atoms in total. The number of nitrogens with zero attached hydrogens (tertiary/aromatic N) is 2. The molecule has 0 aliphatic rings. The quantitative estimate of drug-likeness (QED) is 0.695. The molecule has 6 heteroatoms. The van der Waals surface area contributed by atoms with E-state index in [-0.39, 0.29) is 19.1 Å². The Labute approximate surface area is 145 Å². The first kappa shape index (κ1) is 16.7. The minimum Gasteiger partial charge on any atom is -0.491 e. The van der Waals surface area contributed by atoms with E-state index in [1.54, 1.807) is 48.9 Å². The highest BCUT2D eigenvalue weighted by Gasteiger charge is 2.06. The molecule has 1 amide bonds. The molecule has 0 atom stereocenters. The molecule has 0 unspecified atom stereocenters. The molecule has 0 saturated carbocycles. The maximum Gasteiger partial charge on any atom is 0.255 e. The number of carbonyl (C=O) groups excluding carboxylic acids is 1. The molecule has 3 rings (SSSR count). The second-order valence-electron chi connectivity index (χ2n) is 5.48. The van der Waals surface area contributed by atoms with Crippen molar-refractivity contribution in [2.75, 3.05) is 18.5 Å². The van der Waals surface area contributed by atoms with E-state index in [9.17, 15) is 4.79 Å². The zero-order valence-corrected chi connectivity index (χ0v) is 13.6. The second kappa shape index (κ2) is 8.12. The molecule has 25 heavy (non-hydrogen) atoms. The number of nitrogens with one attached hydrogen (secondary N) is 1. The lowest BCUT2D eigenvalue weighted by molar-refractivity contribution is 0.102. The predicted molar refractivity (Wildman–Crippen MR) is 94.7 cm³/mol. The van der Waals surface area contributed by atoms with Crippen LogP contribution in [-0.2, 0) is 6.54 Å². The standard InChI is InChI=1S/C19H19N3O3/c23-11-12-25-18-7-5-17(6-8-18)21-19(24)16-3-1-15(2-4-16)13-22-10-9-20-14-22/h1-10,14,23H,11-13H2,(H,21,24). The third-order valence-corrected chi connectivity index (χ3v) is 3.61. The summed E-state index contributed by atoms with van der Waals surface area (Å²) in [5, 5.41) is 11.6. The van der Waals surface area contributed by atoms with Crippen molar-refractivity contribution in [2.24, 2.45) is 0 Å². The number of aromatic nitrogens is 2. The molecule has 0 fully saturated rings. The maximum atomic E-state index is 12.3. The van der Waals surface area contributed by atoms with Crippen LogP contribution in [0.15, 0.2) is 67.3 Å². The van der Waals surface area contributed by atoms with Crippen molar-refractivity contribution in [2.45, 2.75) is 6.54 Å². The number of anilines is 1. The van der Waals surface area contributed by atoms with Gasteiger partial charge in [-0.1, -0.05) is 12.1 Å². The molecular weight excluding hydrogens is 318 g/mol. The summed E-state index contributed by atoms with van der Waals surface area (Å²) in [6, 6.07) is 14.5. The minimum atomic E-state index is -0.168. The Balaban J connectivity index is 1.59. The molecule has 2 aromatic carbocycles. The lowest BCUT2D eigenvalue weighted by Gasteiger charge is -2.08. The second-order valence-corrected chi connectivity index (χ2v) is 5.48. The first-order chi connectivity index (χ1) is 12.2. The Morgan fingerprint density at radius 3 is 2.52 bits per heavy atom. The number of hydrogen-bond acceptors (Lipinski definition) is 4. The predicted octanol–water partition coefficient (Wildman–Crippen LogP) is 2.55. The van der Waals surface area contributed by atoms with Gasteiger partial charge >= 0.3 is 0 Å². The number of imidazole rings is 1. The monoisotopic (exact) mass is 337 g/mol. The fraction of sp³-hybridized carbons (Fsp3) is 0.158. The Bertz CT molecular complexity index is 797. The molecule has 0 spiro atoms. The Kier molecular flexibility index (Phi) is 5.43. The van der Waals surface area contributed by atoms with Crippen molar-refractivity contribution < 1.29 is 14.6 Å². The number of amides is 1. The molecule has 2 N–H and O–H groups in total. The van der Waals surface area contributed by atoms with E-state index in [1.165, 1.54) is 0 Å². The molecule has 1 aromatic heterocycles. The zero-order valence-electron chi connectivity index (χ0n) is 13.6. The third kappa shape index (κ3) is 4.68. The molecule has 3 aromatic rings. The van der Waals surface area contributed by atoms with Gasteiger partial charge in [0.15, 0.2) is 0 Å². The Morgan fingerprint density at radius 2 is 1.88 bits per heavy atom. The van der Waals surface area contributed by atoms with Gasteiger partial charge in [-0.3, -0.25) is 4.79 Å². The van der Waals surface area contributed by atoms with Gasteiger partial charge in [-0.05, 0) is 42.0 Å². The highest BCUT2D eigenvalue weighted by Crippen LogP contribution is 2.16. The molecule has 0 aliphatic heterocycles. The van der Waals surface area contributed by atoms with Gasteiger partial charge in [-0.2, -0.15) is 0 Å². The van der Waals surface area contributed by atoms with Crippen molar-refractivity contribution in [3.63, 3.8) is 0 Å². The summed E-state index contributed by atoms with van der Waals surface area (Å²) in [6.45, 7) is 0.934. The van der Waals surface area contributed by atoms with Crippen LogP contribution in [-0.4, -0.2) is 33.8 Å². The topological polar surface area (TPSA) is 76.4 Å². The van der Waals surface area contributed by atoms with Crippen LogP contribution in [0.4, 0.5) is 5.69 Å². The van der Waals surface area contributed by atoms with Crippen LogP contribution in [0.3, 0.4) is 0 Å². The normalized spacial score (nSPS) is 10.4. The van der Waals surface area contributed by atoms with Crippen LogP contribution in [0.25, 0.3) is 0 Å². The smallest absolute Gasteiger partial charge is 0.255 e. The van der Waals surface area contributed by atoms with E-state index in [0.717, 1.165) is 12.1 Å². The fourth-order valence-electron chi connectivity index (χ4n) is 2.35. The maximum absolute atomic E-state index is 12.3. The summed E-state index contributed by atoms with van der Waals surface area (Å²) in [7, 11) is 0. The van der Waals surface area contributed by atoms with E-state index in [2.05, 4.69) is 10.3 Å². The van der Waals surface area contributed by atoms with Crippen LogP contribution in [0.1, 0.15) is 15.9 Å². The van der Waals surface area contributed by atoms with Crippen LogP contribution >= 0.6 is 0 Å². The van der Waals surface area contributed by atoms with E-state index in [0.29, 0.717) is 17.0 Å². The number of carbonyl (C=O) groups is 1. The number of aliphatic hydroxyl groups is 1. The summed E-state index contributed by atoms with van der Waals surface area (Å²) in [4.78, 5) is 16.3. The van der Waals surface area contributed by atoms with Crippen LogP contribution in [0.2, 0.25) is 0 Å². The van der Waals surface area contributed by atoms with E-state index in [1.807, 2.05) is 22.9 Å². The van der Waals surface area contributed by atoms with Gasteiger partial charge in [0.2, 0.25) is 0 Å². The van der Waals surface area contributed by atoms with E-state index >= 15 is 0 Å². The number of rotatable bonds is 7. The van der Waals surface area contributed by atoms with Gasteiger partial charge in [0.05, 0.1) is 12.9 Å². The third-order valence-electron chi connectivity index (χ3n) is 3.61.